The van der Waals surface area contributed by atoms with Gasteiger partial charge in [0.15, 0.2) is 0 Å². The number of aromatic nitrogens is 3. The van der Waals surface area contributed by atoms with Crippen molar-refractivity contribution in [2.75, 3.05) is 11.9 Å². The summed E-state index contributed by atoms with van der Waals surface area (Å²) in [4.78, 5) is 39.2. The molecule has 172 valence electrons. The van der Waals surface area contributed by atoms with Crippen molar-refractivity contribution in [2.45, 2.75) is 46.5 Å². The Morgan fingerprint density at radius 2 is 2.09 bits per heavy atom. The summed E-state index contributed by atoms with van der Waals surface area (Å²) >= 11 is 1.57. The molecule has 3 aromatic heterocycles. The summed E-state index contributed by atoms with van der Waals surface area (Å²) < 4.78 is 6.00. The summed E-state index contributed by atoms with van der Waals surface area (Å²) in [6.07, 6.45) is 8.38. The molecular formula is C24H27N5O3S. The molecule has 3 amide bonds. The molecule has 9 heteroatoms. The molecule has 1 aliphatic rings. The van der Waals surface area contributed by atoms with E-state index in [4.69, 9.17) is 4.74 Å². The lowest BCUT2D eigenvalue weighted by Crippen LogP contribution is -2.38. The Labute approximate surface area is 197 Å². The molecule has 1 saturated carbocycles. The number of nitrogens with zero attached hydrogens (tertiary/aromatic N) is 4. The molecule has 0 radical (unpaired) electrons. The van der Waals surface area contributed by atoms with Gasteiger partial charge in [-0.1, -0.05) is 13.3 Å². The van der Waals surface area contributed by atoms with Crippen molar-refractivity contribution >= 4 is 29.6 Å². The maximum Gasteiger partial charge on any atom is 0.329 e. The fraction of sp³-hybridized carbons (Fsp3) is 0.375. The number of thiazole rings is 1. The van der Waals surface area contributed by atoms with Crippen molar-refractivity contribution < 1.29 is 14.3 Å². The van der Waals surface area contributed by atoms with E-state index < -0.39 is 6.03 Å². The van der Waals surface area contributed by atoms with E-state index in [0.29, 0.717) is 36.0 Å². The number of imide groups is 1. The number of hydrogen-bond acceptors (Lipinski definition) is 7. The van der Waals surface area contributed by atoms with E-state index in [1.54, 1.807) is 48.9 Å². The van der Waals surface area contributed by atoms with Crippen molar-refractivity contribution in [3.8, 4) is 22.1 Å². The maximum absolute atomic E-state index is 12.5. The smallest absolute Gasteiger partial charge is 0.329 e. The quantitative estimate of drug-likeness (QED) is 0.436. The number of nitrogens with one attached hydrogen (secondary N) is 1. The van der Waals surface area contributed by atoms with E-state index in [1.165, 1.54) is 11.3 Å². The molecule has 1 fully saturated rings. The molecule has 0 unspecified atom stereocenters. The van der Waals surface area contributed by atoms with Crippen LogP contribution in [0.3, 0.4) is 0 Å². The Morgan fingerprint density at radius 1 is 1.27 bits per heavy atom. The number of pyridine rings is 2. The number of aryl methyl sites for hydroxylation is 2. The van der Waals surface area contributed by atoms with Crippen LogP contribution in [-0.4, -0.2) is 38.8 Å². The summed E-state index contributed by atoms with van der Waals surface area (Å²) in [6.45, 7) is 6.35. The van der Waals surface area contributed by atoms with Crippen molar-refractivity contribution in [3.05, 3.63) is 47.4 Å². The second kappa shape index (κ2) is 9.66. The zero-order valence-electron chi connectivity index (χ0n) is 19.0. The highest BCUT2D eigenvalue weighted by molar-refractivity contribution is 7.15. The summed E-state index contributed by atoms with van der Waals surface area (Å²) in [6, 6.07) is 6.55. The van der Waals surface area contributed by atoms with Crippen LogP contribution in [-0.2, 0) is 4.79 Å². The zero-order chi connectivity index (χ0) is 23.4. The first-order valence-electron chi connectivity index (χ1n) is 10.9. The first-order chi connectivity index (χ1) is 15.8. The second-order valence-electron chi connectivity index (χ2n) is 8.65. The van der Waals surface area contributed by atoms with Crippen LogP contribution in [0.4, 0.5) is 10.6 Å². The molecule has 0 saturated heterocycles. The standard InChI is InChI=1S/C24H27N5O3S/c1-16-20(32-18-7-11-25-19(13-18)21-14-26-17(2)33-21)5-6-22(27-16)28-23(31)29(15-30)12-10-24(3)8-4-9-24/h5-7,11,13-15H,4,8-10,12H2,1-3H3,(H,27,28,31). The fourth-order valence-electron chi connectivity index (χ4n) is 3.75. The summed E-state index contributed by atoms with van der Waals surface area (Å²) in [5, 5.41) is 3.68. The highest BCUT2D eigenvalue weighted by atomic mass is 32.1. The van der Waals surface area contributed by atoms with Gasteiger partial charge in [-0.25, -0.2) is 14.8 Å². The second-order valence-corrected chi connectivity index (χ2v) is 9.88. The molecule has 8 nitrogen and oxygen atoms in total. The molecule has 3 heterocycles. The van der Waals surface area contributed by atoms with E-state index in [2.05, 4.69) is 27.2 Å². The molecule has 33 heavy (non-hydrogen) atoms. The fourth-order valence-corrected chi connectivity index (χ4v) is 4.49. The number of ether oxygens (including phenoxy) is 1. The third-order valence-corrected chi connectivity index (χ3v) is 6.95. The first kappa shape index (κ1) is 22.8. The predicted octanol–water partition coefficient (Wildman–Crippen LogP) is 5.58. The number of amides is 3. The van der Waals surface area contributed by atoms with Gasteiger partial charge in [-0.15, -0.1) is 11.3 Å². The highest BCUT2D eigenvalue weighted by Gasteiger charge is 2.32. The Morgan fingerprint density at radius 3 is 2.73 bits per heavy atom. The van der Waals surface area contributed by atoms with Gasteiger partial charge >= 0.3 is 6.03 Å². The van der Waals surface area contributed by atoms with E-state index in [0.717, 1.165) is 34.8 Å². The minimum atomic E-state index is -0.480. The van der Waals surface area contributed by atoms with Gasteiger partial charge in [-0.05, 0) is 56.7 Å². The molecule has 1 N–H and O–H groups in total. The van der Waals surface area contributed by atoms with Gasteiger partial charge in [-0.2, -0.15) is 0 Å². The van der Waals surface area contributed by atoms with Crippen LogP contribution in [0.1, 0.15) is 43.3 Å². The molecule has 0 aromatic carbocycles. The van der Waals surface area contributed by atoms with Gasteiger partial charge in [-0.3, -0.25) is 20.0 Å². The van der Waals surface area contributed by atoms with E-state index in [1.807, 2.05) is 13.0 Å². The lowest BCUT2D eigenvalue weighted by molar-refractivity contribution is -0.115. The Kier molecular flexibility index (Phi) is 6.69. The van der Waals surface area contributed by atoms with Crippen molar-refractivity contribution in [1.29, 1.82) is 0 Å². The van der Waals surface area contributed by atoms with Gasteiger partial charge in [0.2, 0.25) is 6.41 Å². The summed E-state index contributed by atoms with van der Waals surface area (Å²) in [7, 11) is 0. The summed E-state index contributed by atoms with van der Waals surface area (Å²) in [5.74, 6) is 1.56. The van der Waals surface area contributed by atoms with Crippen LogP contribution in [0.25, 0.3) is 10.6 Å². The number of hydrogen-bond donors (Lipinski definition) is 1. The van der Waals surface area contributed by atoms with Gasteiger partial charge in [0.05, 0.1) is 21.3 Å². The van der Waals surface area contributed by atoms with Crippen molar-refractivity contribution in [3.63, 3.8) is 0 Å². The van der Waals surface area contributed by atoms with Crippen LogP contribution in [0.15, 0.2) is 36.7 Å². The molecule has 0 bridgehead atoms. The topological polar surface area (TPSA) is 97.3 Å². The van der Waals surface area contributed by atoms with E-state index >= 15 is 0 Å². The lowest BCUT2D eigenvalue weighted by atomic mass is 9.68. The largest absolute Gasteiger partial charge is 0.455 e. The van der Waals surface area contributed by atoms with Gasteiger partial charge in [0, 0.05) is 25.0 Å². The van der Waals surface area contributed by atoms with Crippen LogP contribution in [0.5, 0.6) is 11.5 Å². The third-order valence-electron chi connectivity index (χ3n) is 6.01. The summed E-state index contributed by atoms with van der Waals surface area (Å²) in [5.41, 5.74) is 1.64. The van der Waals surface area contributed by atoms with Crippen LogP contribution < -0.4 is 10.1 Å². The minimum Gasteiger partial charge on any atom is -0.455 e. The number of rotatable bonds is 8. The van der Waals surface area contributed by atoms with Gasteiger partial charge in [0.25, 0.3) is 0 Å². The first-order valence-corrected chi connectivity index (χ1v) is 11.7. The van der Waals surface area contributed by atoms with E-state index in [-0.39, 0.29) is 5.41 Å². The average Bonchev–Trinajstić information content (AvgIpc) is 3.21. The Hall–Kier alpha value is -3.33. The third kappa shape index (κ3) is 5.54. The van der Waals surface area contributed by atoms with Crippen LogP contribution >= 0.6 is 11.3 Å². The SMILES string of the molecule is Cc1ncc(-c2cc(Oc3ccc(NC(=O)N(C=O)CCC4(C)CCC4)nc3C)ccn2)s1. The number of anilines is 1. The van der Waals surface area contributed by atoms with Crippen molar-refractivity contribution in [1.82, 2.24) is 19.9 Å². The monoisotopic (exact) mass is 465 g/mol. The molecule has 4 rings (SSSR count). The highest BCUT2D eigenvalue weighted by Crippen LogP contribution is 2.43. The molecule has 0 spiro atoms. The predicted molar refractivity (Wildman–Crippen MR) is 127 cm³/mol. The Balaban J connectivity index is 1.39. The number of carbonyl (C=O) groups excluding carboxylic acids is 2. The molecule has 0 atom stereocenters. The maximum atomic E-state index is 12.5. The van der Waals surface area contributed by atoms with Crippen LogP contribution in [0.2, 0.25) is 0 Å². The molecule has 0 aliphatic heterocycles. The van der Waals surface area contributed by atoms with Gasteiger partial charge < -0.3 is 4.74 Å². The molecule has 3 aromatic rings. The average molecular weight is 466 g/mol. The minimum absolute atomic E-state index is 0.237. The van der Waals surface area contributed by atoms with Gasteiger partial charge in [0.1, 0.15) is 17.3 Å². The normalized spacial score (nSPS) is 14.3. The molecular weight excluding hydrogens is 438 g/mol. The lowest BCUT2D eigenvalue weighted by Gasteiger charge is -2.39. The zero-order valence-corrected chi connectivity index (χ0v) is 19.8. The number of carbonyl (C=O) groups is 2. The van der Waals surface area contributed by atoms with Crippen molar-refractivity contribution in [2.24, 2.45) is 5.41 Å². The number of urea groups is 1. The molecule has 1 aliphatic carbocycles. The Bertz CT molecular complexity index is 1160. The van der Waals surface area contributed by atoms with E-state index in [9.17, 15) is 9.59 Å². The van der Waals surface area contributed by atoms with Crippen LogP contribution in [0, 0.1) is 19.3 Å².